The Bertz CT molecular complexity index is 644. The third kappa shape index (κ3) is 5.97. The predicted molar refractivity (Wildman–Crippen MR) is 93.8 cm³/mol. The van der Waals surface area contributed by atoms with Crippen LogP contribution in [0.3, 0.4) is 0 Å². The largest absolute Gasteiger partial charge is 0.508 e. The van der Waals surface area contributed by atoms with E-state index in [0.717, 1.165) is 6.08 Å². The number of ether oxygens (including phenoxy) is 3. The zero-order chi connectivity index (χ0) is 20.7. The number of phenolic OH excluding ortho intramolecular Hbond substituents is 1. The molecule has 0 spiro atoms. The highest BCUT2D eigenvalue weighted by atomic mass is 16.7. The van der Waals surface area contributed by atoms with E-state index in [9.17, 15) is 30.3 Å². The summed E-state index contributed by atoms with van der Waals surface area (Å²) in [7, 11) is 0. The molecule has 0 saturated carbocycles. The monoisotopic (exact) mass is 400 g/mol. The van der Waals surface area contributed by atoms with Gasteiger partial charge in [-0.15, -0.1) is 0 Å². The van der Waals surface area contributed by atoms with Crippen molar-refractivity contribution in [2.45, 2.75) is 36.8 Å². The summed E-state index contributed by atoms with van der Waals surface area (Å²) >= 11 is 0. The second-order valence-electron chi connectivity index (χ2n) is 6.19. The molecule has 1 aliphatic rings. The molecule has 156 valence electrons. The molecule has 1 heterocycles. The molecule has 1 fully saturated rings. The molecule has 1 aliphatic heterocycles. The van der Waals surface area contributed by atoms with Crippen LogP contribution in [0.15, 0.2) is 30.3 Å². The lowest BCUT2D eigenvalue weighted by molar-refractivity contribution is -0.315. The van der Waals surface area contributed by atoms with E-state index >= 15 is 0 Å². The number of phenols is 1. The van der Waals surface area contributed by atoms with Gasteiger partial charge in [-0.05, 0) is 23.8 Å². The smallest absolute Gasteiger partial charge is 0.330 e. The summed E-state index contributed by atoms with van der Waals surface area (Å²) in [6.45, 7) is -1.57. The second kappa shape index (κ2) is 10.5. The number of aromatic hydroxyl groups is 1. The van der Waals surface area contributed by atoms with Crippen LogP contribution in [-0.2, 0) is 19.0 Å². The third-order valence-corrected chi connectivity index (χ3v) is 4.10. The zero-order valence-corrected chi connectivity index (χ0v) is 14.9. The number of esters is 1. The predicted octanol–water partition coefficient (Wildman–Crippen LogP) is -1.87. The molecular formula is C18H24O10. The molecule has 0 amide bonds. The van der Waals surface area contributed by atoms with Crippen LogP contribution in [0.1, 0.15) is 5.56 Å². The first-order valence-electron chi connectivity index (χ1n) is 8.56. The molecule has 0 aromatic heterocycles. The number of carbonyl (C=O) groups is 1. The van der Waals surface area contributed by atoms with Crippen molar-refractivity contribution in [3.05, 3.63) is 35.9 Å². The SMILES string of the molecule is O=C(/C=C/c1ccc(O)cc1)OC[C@@H](CO)O[C@H]1O[C@@H](CO)[C@H](O)[C@@H](O)[C@@H]1O. The minimum atomic E-state index is -1.63. The van der Waals surface area contributed by atoms with Gasteiger partial charge in [0.05, 0.1) is 13.2 Å². The van der Waals surface area contributed by atoms with Crippen LogP contribution in [0.5, 0.6) is 5.75 Å². The number of aliphatic hydroxyl groups excluding tert-OH is 5. The van der Waals surface area contributed by atoms with Gasteiger partial charge in [-0.1, -0.05) is 12.1 Å². The fourth-order valence-corrected chi connectivity index (χ4v) is 2.48. The topological polar surface area (TPSA) is 166 Å². The van der Waals surface area contributed by atoms with Crippen molar-refractivity contribution in [2.24, 2.45) is 0 Å². The quantitative estimate of drug-likeness (QED) is 0.215. The highest BCUT2D eigenvalue weighted by Crippen LogP contribution is 2.23. The maximum atomic E-state index is 11.8. The third-order valence-electron chi connectivity index (χ3n) is 4.10. The lowest BCUT2D eigenvalue weighted by Crippen LogP contribution is -2.60. The van der Waals surface area contributed by atoms with Gasteiger partial charge in [0.25, 0.3) is 0 Å². The van der Waals surface area contributed by atoms with Gasteiger partial charge in [0, 0.05) is 6.08 Å². The Morgan fingerprint density at radius 2 is 1.79 bits per heavy atom. The summed E-state index contributed by atoms with van der Waals surface area (Å²) in [6, 6.07) is 6.11. The average molecular weight is 400 g/mol. The molecule has 0 radical (unpaired) electrons. The van der Waals surface area contributed by atoms with Crippen LogP contribution < -0.4 is 0 Å². The summed E-state index contributed by atoms with van der Waals surface area (Å²) in [5.41, 5.74) is 0.658. The molecule has 1 aromatic rings. The van der Waals surface area contributed by atoms with Crippen molar-refractivity contribution in [3.63, 3.8) is 0 Å². The van der Waals surface area contributed by atoms with E-state index in [4.69, 9.17) is 19.3 Å². The minimum Gasteiger partial charge on any atom is -0.508 e. The summed E-state index contributed by atoms with van der Waals surface area (Å²) in [5, 5.41) is 57.1. The zero-order valence-electron chi connectivity index (χ0n) is 14.9. The molecule has 28 heavy (non-hydrogen) atoms. The van der Waals surface area contributed by atoms with E-state index in [1.54, 1.807) is 12.1 Å². The Morgan fingerprint density at radius 1 is 1.11 bits per heavy atom. The molecule has 1 saturated heterocycles. The number of rotatable bonds is 8. The van der Waals surface area contributed by atoms with Crippen LogP contribution in [0.2, 0.25) is 0 Å². The van der Waals surface area contributed by atoms with Gasteiger partial charge >= 0.3 is 5.97 Å². The Balaban J connectivity index is 1.86. The normalized spacial score (nSPS) is 29.0. The summed E-state index contributed by atoms with van der Waals surface area (Å²) < 4.78 is 15.4. The highest BCUT2D eigenvalue weighted by Gasteiger charge is 2.44. The first-order chi connectivity index (χ1) is 13.3. The van der Waals surface area contributed by atoms with E-state index in [0.29, 0.717) is 5.56 Å². The van der Waals surface area contributed by atoms with Crippen LogP contribution in [-0.4, -0.2) is 93.2 Å². The van der Waals surface area contributed by atoms with Crippen molar-refractivity contribution < 1.29 is 49.6 Å². The van der Waals surface area contributed by atoms with E-state index in [-0.39, 0.29) is 12.4 Å². The summed E-state index contributed by atoms with van der Waals surface area (Å²) in [6.07, 6.45) is -5.84. The van der Waals surface area contributed by atoms with Gasteiger partial charge in [-0.2, -0.15) is 0 Å². The molecule has 10 nitrogen and oxygen atoms in total. The Labute approximate surface area is 160 Å². The Hall–Kier alpha value is -2.05. The van der Waals surface area contributed by atoms with Gasteiger partial charge < -0.3 is 44.8 Å². The lowest BCUT2D eigenvalue weighted by Gasteiger charge is -2.40. The minimum absolute atomic E-state index is 0.0934. The molecular weight excluding hydrogens is 376 g/mol. The van der Waals surface area contributed by atoms with Crippen LogP contribution in [0.25, 0.3) is 6.08 Å². The molecule has 0 aliphatic carbocycles. The van der Waals surface area contributed by atoms with Gasteiger partial charge in [-0.25, -0.2) is 4.79 Å². The fourth-order valence-electron chi connectivity index (χ4n) is 2.48. The van der Waals surface area contributed by atoms with Crippen LogP contribution in [0.4, 0.5) is 0 Å². The lowest BCUT2D eigenvalue weighted by atomic mass is 9.99. The summed E-state index contributed by atoms with van der Waals surface area (Å²) in [5.74, 6) is -0.625. The number of aliphatic hydroxyl groups is 5. The van der Waals surface area contributed by atoms with Crippen molar-refractivity contribution >= 4 is 12.0 Å². The first kappa shape index (κ1) is 22.2. The molecule has 0 unspecified atom stereocenters. The molecule has 6 atom stereocenters. The molecule has 6 N–H and O–H groups in total. The van der Waals surface area contributed by atoms with Crippen molar-refractivity contribution in [1.29, 1.82) is 0 Å². The van der Waals surface area contributed by atoms with Crippen molar-refractivity contribution in [1.82, 2.24) is 0 Å². The molecule has 1 aromatic carbocycles. The van der Waals surface area contributed by atoms with E-state index in [1.165, 1.54) is 18.2 Å². The van der Waals surface area contributed by atoms with Crippen LogP contribution >= 0.6 is 0 Å². The highest BCUT2D eigenvalue weighted by molar-refractivity contribution is 5.87. The van der Waals surface area contributed by atoms with Crippen LogP contribution in [0, 0.1) is 0 Å². The average Bonchev–Trinajstić information content (AvgIpc) is 2.70. The van der Waals surface area contributed by atoms with E-state index < -0.39 is 56.0 Å². The first-order valence-corrected chi connectivity index (χ1v) is 8.56. The van der Waals surface area contributed by atoms with E-state index in [1.807, 2.05) is 0 Å². The second-order valence-corrected chi connectivity index (χ2v) is 6.19. The van der Waals surface area contributed by atoms with Gasteiger partial charge in [0.15, 0.2) is 6.29 Å². The maximum Gasteiger partial charge on any atom is 0.330 e. The Kier molecular flexibility index (Phi) is 8.33. The van der Waals surface area contributed by atoms with Gasteiger partial charge in [0.1, 0.15) is 42.9 Å². The van der Waals surface area contributed by atoms with Gasteiger partial charge in [-0.3, -0.25) is 0 Å². The van der Waals surface area contributed by atoms with Crippen molar-refractivity contribution in [3.8, 4) is 5.75 Å². The fraction of sp³-hybridized carbons (Fsp3) is 0.500. The van der Waals surface area contributed by atoms with Gasteiger partial charge in [0.2, 0.25) is 0 Å². The number of carbonyl (C=O) groups excluding carboxylic acids is 1. The molecule has 10 heteroatoms. The molecule has 0 bridgehead atoms. The number of benzene rings is 1. The Morgan fingerprint density at radius 3 is 2.39 bits per heavy atom. The number of hydrogen-bond donors (Lipinski definition) is 6. The summed E-state index contributed by atoms with van der Waals surface area (Å²) in [4.78, 5) is 11.8. The number of hydrogen-bond acceptors (Lipinski definition) is 10. The molecule has 2 rings (SSSR count). The maximum absolute atomic E-state index is 11.8. The standard InChI is InChI=1S/C18H24O10/c19-7-12(27-18-17(25)16(24)15(23)13(8-20)28-18)9-26-14(22)6-3-10-1-4-11(21)5-2-10/h1-6,12-13,15-21,23-25H,7-9H2/b6-3+/t12-,13+,15+,16-,17+,18+/m1/s1. The van der Waals surface area contributed by atoms with Crippen molar-refractivity contribution in [2.75, 3.05) is 19.8 Å². The van der Waals surface area contributed by atoms with E-state index in [2.05, 4.69) is 0 Å².